The Bertz CT molecular complexity index is 664. The van der Waals surface area contributed by atoms with Crippen LogP contribution in [0.5, 0.6) is 0 Å². The van der Waals surface area contributed by atoms with Gasteiger partial charge in [0.2, 0.25) is 0 Å². The maximum Gasteiger partial charge on any atom is 0.254 e. The fraction of sp³-hybridized carbons (Fsp3) is 0.333. The lowest BCUT2D eigenvalue weighted by Crippen LogP contribution is -2.27. The SMILES string of the molecule is Cc1ccccc1CNc1ccc(NC(=O)C2CCCO2)nc1. The van der Waals surface area contributed by atoms with E-state index >= 15 is 0 Å². The average Bonchev–Trinajstić information content (AvgIpc) is 3.10. The van der Waals surface area contributed by atoms with Crippen LogP contribution in [-0.2, 0) is 16.1 Å². The molecule has 2 N–H and O–H groups in total. The number of benzene rings is 1. The number of aryl methyl sites for hydroxylation is 1. The smallest absolute Gasteiger partial charge is 0.254 e. The quantitative estimate of drug-likeness (QED) is 0.890. The largest absolute Gasteiger partial charge is 0.380 e. The lowest BCUT2D eigenvalue weighted by Gasteiger charge is -2.11. The summed E-state index contributed by atoms with van der Waals surface area (Å²) in [6.45, 7) is 3.50. The Hall–Kier alpha value is -2.40. The molecule has 1 saturated heterocycles. The van der Waals surface area contributed by atoms with Crippen LogP contribution in [0.4, 0.5) is 11.5 Å². The third-order valence-corrected chi connectivity index (χ3v) is 3.98. The van der Waals surface area contributed by atoms with Crippen molar-refractivity contribution in [3.05, 3.63) is 53.7 Å². The van der Waals surface area contributed by atoms with Crippen molar-refractivity contribution < 1.29 is 9.53 Å². The van der Waals surface area contributed by atoms with Crippen molar-refractivity contribution in [1.82, 2.24) is 4.98 Å². The first-order valence-electron chi connectivity index (χ1n) is 7.89. The zero-order valence-corrected chi connectivity index (χ0v) is 13.2. The van der Waals surface area contributed by atoms with Crippen LogP contribution in [0.3, 0.4) is 0 Å². The van der Waals surface area contributed by atoms with Crippen molar-refractivity contribution in [2.45, 2.75) is 32.4 Å². The highest BCUT2D eigenvalue weighted by atomic mass is 16.5. The van der Waals surface area contributed by atoms with Crippen LogP contribution in [0, 0.1) is 6.92 Å². The number of aromatic nitrogens is 1. The number of nitrogens with zero attached hydrogens (tertiary/aromatic N) is 1. The summed E-state index contributed by atoms with van der Waals surface area (Å²) in [5, 5.41) is 6.13. The Balaban J connectivity index is 1.54. The van der Waals surface area contributed by atoms with Gasteiger partial charge in [-0.2, -0.15) is 0 Å². The van der Waals surface area contributed by atoms with Gasteiger partial charge >= 0.3 is 0 Å². The number of hydrogen-bond acceptors (Lipinski definition) is 4. The number of amides is 1. The summed E-state index contributed by atoms with van der Waals surface area (Å²) in [5.41, 5.74) is 3.43. The number of hydrogen-bond donors (Lipinski definition) is 2. The Morgan fingerprint density at radius 2 is 2.17 bits per heavy atom. The van der Waals surface area contributed by atoms with Gasteiger partial charge in [0.1, 0.15) is 11.9 Å². The van der Waals surface area contributed by atoms with Crippen molar-refractivity contribution >= 4 is 17.4 Å². The summed E-state index contributed by atoms with van der Waals surface area (Å²) in [6, 6.07) is 12.0. The van der Waals surface area contributed by atoms with Crippen LogP contribution in [0.15, 0.2) is 42.6 Å². The second-order valence-electron chi connectivity index (χ2n) is 5.70. The van der Waals surface area contributed by atoms with E-state index in [2.05, 4.69) is 34.7 Å². The van der Waals surface area contributed by atoms with Crippen LogP contribution in [0.25, 0.3) is 0 Å². The molecule has 3 rings (SSSR count). The highest BCUT2D eigenvalue weighted by Crippen LogP contribution is 2.16. The van der Waals surface area contributed by atoms with Crippen LogP contribution < -0.4 is 10.6 Å². The zero-order chi connectivity index (χ0) is 16.1. The summed E-state index contributed by atoms with van der Waals surface area (Å²) in [6.07, 6.45) is 3.11. The summed E-state index contributed by atoms with van der Waals surface area (Å²) in [7, 11) is 0. The summed E-state index contributed by atoms with van der Waals surface area (Å²) < 4.78 is 5.36. The molecule has 5 nitrogen and oxygen atoms in total. The van der Waals surface area contributed by atoms with E-state index in [1.807, 2.05) is 18.2 Å². The van der Waals surface area contributed by atoms with E-state index in [9.17, 15) is 4.79 Å². The molecule has 0 radical (unpaired) electrons. The molecule has 1 unspecified atom stereocenters. The van der Waals surface area contributed by atoms with E-state index in [-0.39, 0.29) is 12.0 Å². The van der Waals surface area contributed by atoms with Crippen LogP contribution in [0.1, 0.15) is 24.0 Å². The van der Waals surface area contributed by atoms with Crippen molar-refractivity contribution in [3.63, 3.8) is 0 Å². The number of anilines is 2. The average molecular weight is 311 g/mol. The van der Waals surface area contributed by atoms with Gasteiger partial charge in [-0.05, 0) is 43.0 Å². The molecule has 2 aromatic rings. The fourth-order valence-corrected chi connectivity index (χ4v) is 2.57. The molecule has 2 heterocycles. The van der Waals surface area contributed by atoms with Gasteiger partial charge in [0.15, 0.2) is 0 Å². The van der Waals surface area contributed by atoms with Crippen LogP contribution >= 0.6 is 0 Å². The molecule has 0 bridgehead atoms. The lowest BCUT2D eigenvalue weighted by molar-refractivity contribution is -0.124. The van der Waals surface area contributed by atoms with Gasteiger partial charge in [0.05, 0.1) is 11.9 Å². The number of carbonyl (C=O) groups is 1. The number of nitrogens with one attached hydrogen (secondary N) is 2. The second-order valence-corrected chi connectivity index (χ2v) is 5.70. The van der Waals surface area contributed by atoms with E-state index < -0.39 is 0 Å². The molecule has 1 amide bonds. The second kappa shape index (κ2) is 7.24. The summed E-state index contributed by atoms with van der Waals surface area (Å²) >= 11 is 0. The number of carbonyl (C=O) groups excluding carboxylic acids is 1. The number of ether oxygens (including phenoxy) is 1. The van der Waals surface area contributed by atoms with Crippen LogP contribution in [-0.4, -0.2) is 23.6 Å². The van der Waals surface area contributed by atoms with Gasteiger partial charge in [-0.1, -0.05) is 24.3 Å². The van der Waals surface area contributed by atoms with Gasteiger partial charge < -0.3 is 15.4 Å². The third-order valence-electron chi connectivity index (χ3n) is 3.98. The lowest BCUT2D eigenvalue weighted by atomic mass is 10.1. The molecule has 0 aliphatic carbocycles. The van der Waals surface area contributed by atoms with Gasteiger partial charge in [-0.3, -0.25) is 4.79 Å². The Morgan fingerprint density at radius 1 is 1.30 bits per heavy atom. The minimum absolute atomic E-state index is 0.115. The molecule has 23 heavy (non-hydrogen) atoms. The van der Waals surface area contributed by atoms with Crippen molar-refractivity contribution in [2.24, 2.45) is 0 Å². The topological polar surface area (TPSA) is 63.2 Å². The van der Waals surface area contributed by atoms with E-state index in [1.54, 1.807) is 12.3 Å². The van der Waals surface area contributed by atoms with E-state index in [4.69, 9.17) is 4.74 Å². The van der Waals surface area contributed by atoms with Gasteiger partial charge in [0.25, 0.3) is 5.91 Å². The Morgan fingerprint density at radius 3 is 2.87 bits per heavy atom. The van der Waals surface area contributed by atoms with E-state index in [0.717, 1.165) is 25.1 Å². The molecule has 1 aliphatic heterocycles. The minimum Gasteiger partial charge on any atom is -0.380 e. The summed E-state index contributed by atoms with van der Waals surface area (Å²) in [4.78, 5) is 16.2. The predicted octanol–water partition coefficient (Wildman–Crippen LogP) is 3.12. The van der Waals surface area contributed by atoms with Crippen LogP contribution in [0.2, 0.25) is 0 Å². The highest BCUT2D eigenvalue weighted by molar-refractivity contribution is 5.93. The Kier molecular flexibility index (Phi) is 4.88. The number of pyridine rings is 1. The van der Waals surface area contributed by atoms with Crippen molar-refractivity contribution in [2.75, 3.05) is 17.2 Å². The molecule has 1 fully saturated rings. The predicted molar refractivity (Wildman–Crippen MR) is 90.3 cm³/mol. The minimum atomic E-state index is -0.337. The molecule has 1 aromatic heterocycles. The zero-order valence-electron chi connectivity index (χ0n) is 13.2. The molecular weight excluding hydrogens is 290 g/mol. The fourth-order valence-electron chi connectivity index (χ4n) is 2.57. The van der Waals surface area contributed by atoms with Crippen molar-refractivity contribution in [1.29, 1.82) is 0 Å². The first-order chi connectivity index (χ1) is 11.2. The normalized spacial score (nSPS) is 17.0. The van der Waals surface area contributed by atoms with Crippen molar-refractivity contribution in [3.8, 4) is 0 Å². The molecule has 0 saturated carbocycles. The first kappa shape index (κ1) is 15.5. The molecule has 5 heteroatoms. The molecule has 120 valence electrons. The summed E-state index contributed by atoms with van der Waals surface area (Å²) in [5.74, 6) is 0.433. The highest BCUT2D eigenvalue weighted by Gasteiger charge is 2.23. The molecule has 1 aliphatic rings. The molecule has 1 aromatic carbocycles. The molecule has 1 atom stereocenters. The monoisotopic (exact) mass is 311 g/mol. The molecular formula is C18H21N3O2. The van der Waals surface area contributed by atoms with Gasteiger partial charge in [-0.15, -0.1) is 0 Å². The molecule has 0 spiro atoms. The number of rotatable bonds is 5. The van der Waals surface area contributed by atoms with E-state index in [0.29, 0.717) is 12.4 Å². The van der Waals surface area contributed by atoms with E-state index in [1.165, 1.54) is 11.1 Å². The maximum absolute atomic E-state index is 12.0. The first-order valence-corrected chi connectivity index (χ1v) is 7.89. The maximum atomic E-state index is 12.0. The Labute approximate surface area is 136 Å². The van der Waals surface area contributed by atoms with Gasteiger partial charge in [-0.25, -0.2) is 4.98 Å². The standard InChI is InChI=1S/C18H21N3O2/c1-13-5-2-3-6-14(13)11-19-15-8-9-17(20-12-15)21-18(22)16-7-4-10-23-16/h2-3,5-6,8-9,12,16,19H,4,7,10-11H2,1H3,(H,20,21,22). The van der Waals surface area contributed by atoms with Gasteiger partial charge in [0, 0.05) is 13.2 Å². The third kappa shape index (κ3) is 4.07.